The van der Waals surface area contributed by atoms with Gasteiger partial charge in [0.05, 0.1) is 37.2 Å². The van der Waals surface area contributed by atoms with E-state index in [1.165, 1.54) is 37.1 Å². The molecule has 0 amide bonds. The zero-order valence-corrected chi connectivity index (χ0v) is 20.0. The van der Waals surface area contributed by atoms with E-state index in [1.807, 2.05) is 27.0 Å². The zero-order chi connectivity index (χ0) is 22.3. The van der Waals surface area contributed by atoms with Gasteiger partial charge in [-0.15, -0.1) is 0 Å². The molecule has 8 rings (SSSR count). The number of methoxy groups -OCH3 is 1. The molecular formula is C27H38NO4+. The lowest BCUT2D eigenvalue weighted by atomic mass is 9.33. The van der Waals surface area contributed by atoms with Crippen LogP contribution in [0.15, 0.2) is 12.1 Å². The van der Waals surface area contributed by atoms with Crippen LogP contribution in [0, 0.1) is 17.3 Å². The number of phenols is 1. The van der Waals surface area contributed by atoms with E-state index in [0.29, 0.717) is 11.8 Å². The van der Waals surface area contributed by atoms with E-state index in [9.17, 15) is 10.2 Å². The Labute approximate surface area is 191 Å². The lowest BCUT2D eigenvalue weighted by molar-refractivity contribution is -0.952. The van der Waals surface area contributed by atoms with Crippen molar-refractivity contribution in [3.63, 3.8) is 0 Å². The van der Waals surface area contributed by atoms with E-state index >= 15 is 0 Å². The molecule has 5 nitrogen and oxygen atoms in total. The van der Waals surface area contributed by atoms with Crippen molar-refractivity contribution in [2.75, 3.05) is 27.2 Å². The molecule has 7 aliphatic rings. The molecule has 1 aromatic carbocycles. The number of benzene rings is 1. The largest absolute Gasteiger partial charge is 0.504 e. The second-order valence-electron chi connectivity index (χ2n) is 12.9. The Kier molecular flexibility index (Phi) is 3.56. The first-order valence-electron chi connectivity index (χ1n) is 12.8. The fraction of sp³-hybridized carbons (Fsp3) is 0.778. The van der Waals surface area contributed by atoms with Gasteiger partial charge in [0.2, 0.25) is 0 Å². The van der Waals surface area contributed by atoms with Gasteiger partial charge in [0.15, 0.2) is 11.5 Å². The van der Waals surface area contributed by atoms with Gasteiger partial charge >= 0.3 is 0 Å². The molecule has 5 aliphatic carbocycles. The first-order valence-corrected chi connectivity index (χ1v) is 12.8. The highest BCUT2D eigenvalue weighted by Crippen LogP contribution is 2.78. The summed E-state index contributed by atoms with van der Waals surface area (Å²) in [6.45, 7) is 6.38. The van der Waals surface area contributed by atoms with Crippen molar-refractivity contribution in [3.05, 3.63) is 23.3 Å². The van der Waals surface area contributed by atoms with E-state index in [4.69, 9.17) is 9.47 Å². The Hall–Kier alpha value is -1.30. The third-order valence-corrected chi connectivity index (χ3v) is 11.2. The maximum Gasteiger partial charge on any atom is 0.165 e. The van der Waals surface area contributed by atoms with Crippen molar-refractivity contribution >= 4 is 0 Å². The van der Waals surface area contributed by atoms with E-state index < -0.39 is 11.2 Å². The van der Waals surface area contributed by atoms with Crippen LogP contribution in [-0.2, 0) is 16.6 Å². The summed E-state index contributed by atoms with van der Waals surface area (Å²) in [5.74, 6) is 1.88. The monoisotopic (exact) mass is 440 g/mol. The molecule has 3 unspecified atom stereocenters. The average molecular weight is 441 g/mol. The maximum absolute atomic E-state index is 11.4. The number of hydrogen-bond acceptors (Lipinski definition) is 4. The minimum Gasteiger partial charge on any atom is -0.504 e. The van der Waals surface area contributed by atoms with E-state index in [1.54, 1.807) is 0 Å². The first-order chi connectivity index (χ1) is 15.1. The molecule has 2 spiro atoms. The summed E-state index contributed by atoms with van der Waals surface area (Å²) in [5.41, 5.74) is 1.27. The van der Waals surface area contributed by atoms with Gasteiger partial charge in [0, 0.05) is 42.8 Å². The SMILES string of the molecule is CO[C@@]12CCC3(C[C@@H]1C(C)(C)O)[C@H]1Cc4ccc(O)c5c4C3(CC[N+]1(C)CC1CC1)[C@H]2O5. The summed E-state index contributed by atoms with van der Waals surface area (Å²) in [4.78, 5) is 0. The van der Waals surface area contributed by atoms with Crippen molar-refractivity contribution in [1.82, 2.24) is 0 Å². The third kappa shape index (κ3) is 2.01. The average Bonchev–Trinajstić information content (AvgIpc) is 3.47. The fourth-order valence-corrected chi connectivity index (χ4v) is 9.94. The van der Waals surface area contributed by atoms with Crippen LogP contribution in [0.25, 0.3) is 0 Å². The predicted octanol–water partition coefficient (Wildman–Crippen LogP) is 3.53. The summed E-state index contributed by atoms with van der Waals surface area (Å²) < 4.78 is 14.4. The highest BCUT2D eigenvalue weighted by molar-refractivity contribution is 5.63. The molecule has 174 valence electrons. The van der Waals surface area contributed by atoms with Gasteiger partial charge < -0.3 is 24.2 Å². The molecular weight excluding hydrogens is 402 g/mol. The van der Waals surface area contributed by atoms with Crippen molar-refractivity contribution in [3.8, 4) is 11.5 Å². The third-order valence-electron chi connectivity index (χ3n) is 11.2. The van der Waals surface area contributed by atoms with Crippen LogP contribution in [0.3, 0.4) is 0 Å². The number of piperidine rings is 1. The van der Waals surface area contributed by atoms with Crippen LogP contribution in [-0.4, -0.2) is 65.3 Å². The normalized spacial score (nSPS) is 47.8. The highest BCUT2D eigenvalue weighted by atomic mass is 16.6. The second-order valence-corrected chi connectivity index (χ2v) is 12.9. The first kappa shape index (κ1) is 20.1. The number of ether oxygens (including phenoxy) is 2. The molecule has 1 saturated heterocycles. The Morgan fingerprint density at radius 2 is 2.00 bits per heavy atom. The van der Waals surface area contributed by atoms with Crippen LogP contribution in [0.2, 0.25) is 0 Å². The molecule has 4 bridgehead atoms. The number of aliphatic hydroxyl groups is 1. The molecule has 0 radical (unpaired) electrons. The maximum atomic E-state index is 11.4. The molecule has 7 atom stereocenters. The summed E-state index contributed by atoms with van der Waals surface area (Å²) in [6, 6.07) is 4.55. The van der Waals surface area contributed by atoms with E-state index in [-0.39, 0.29) is 28.6 Å². The molecule has 4 saturated carbocycles. The van der Waals surface area contributed by atoms with Gasteiger partial charge in [-0.2, -0.15) is 0 Å². The zero-order valence-electron chi connectivity index (χ0n) is 20.0. The second kappa shape index (κ2) is 5.67. The van der Waals surface area contributed by atoms with Crippen molar-refractivity contribution in [2.45, 2.75) is 87.6 Å². The van der Waals surface area contributed by atoms with Crippen LogP contribution in [0.5, 0.6) is 11.5 Å². The minimum atomic E-state index is -0.848. The van der Waals surface area contributed by atoms with Crippen molar-refractivity contribution < 1.29 is 24.2 Å². The van der Waals surface area contributed by atoms with Crippen LogP contribution >= 0.6 is 0 Å². The minimum absolute atomic E-state index is 0.0138. The quantitative estimate of drug-likeness (QED) is 0.704. The number of rotatable bonds is 4. The molecule has 5 fully saturated rings. The van der Waals surface area contributed by atoms with Gasteiger partial charge in [0.25, 0.3) is 0 Å². The lowest BCUT2D eigenvalue weighted by Gasteiger charge is -2.75. The number of aromatic hydroxyl groups is 1. The van der Waals surface area contributed by atoms with Gasteiger partial charge in [0.1, 0.15) is 11.7 Å². The number of nitrogens with zero attached hydrogens (tertiary/aromatic N) is 1. The van der Waals surface area contributed by atoms with Gasteiger partial charge in [-0.1, -0.05) is 6.07 Å². The number of likely N-dealkylation sites (tertiary alicyclic amines) is 1. The highest BCUT2D eigenvalue weighted by Gasteiger charge is 2.84. The molecule has 5 heteroatoms. The Morgan fingerprint density at radius 1 is 1.22 bits per heavy atom. The molecule has 0 aromatic heterocycles. The molecule has 1 aromatic rings. The summed E-state index contributed by atoms with van der Waals surface area (Å²) >= 11 is 0. The molecule has 2 N–H and O–H groups in total. The number of fused-ring (bicyclic) bond motifs is 2. The standard InChI is InChI=1S/C27H37NO4/c1-24(2,30)19-14-25-9-10-27(19,31-4)23-26(25)11-12-28(3,15-16-5-6-16)20(25)13-17-7-8-18(29)22(32-23)21(17)26/h7-8,16,19-20,23,30H,5-6,9-15H2,1-4H3/p+1/t19-,20-,23-,25?,26?,27+,28?/m1/s1. The van der Waals surface area contributed by atoms with E-state index in [2.05, 4.69) is 13.1 Å². The topological polar surface area (TPSA) is 58.9 Å². The molecule has 2 aliphatic heterocycles. The summed E-state index contributed by atoms with van der Waals surface area (Å²) in [7, 11) is 4.34. The van der Waals surface area contributed by atoms with Gasteiger partial charge in [-0.25, -0.2) is 0 Å². The van der Waals surface area contributed by atoms with Crippen molar-refractivity contribution in [2.24, 2.45) is 17.3 Å². The fourth-order valence-electron chi connectivity index (χ4n) is 9.94. The molecule has 2 heterocycles. The number of phenolic OH excluding ortho intramolecular Hbond substituents is 1. The van der Waals surface area contributed by atoms with E-state index in [0.717, 1.165) is 42.5 Å². The van der Waals surface area contributed by atoms with Crippen LogP contribution in [0.4, 0.5) is 0 Å². The summed E-state index contributed by atoms with van der Waals surface area (Å²) in [5, 5.41) is 22.3. The van der Waals surface area contributed by atoms with Crippen LogP contribution < -0.4 is 4.74 Å². The molecule has 32 heavy (non-hydrogen) atoms. The Bertz CT molecular complexity index is 1010. The summed E-state index contributed by atoms with van der Waals surface area (Å²) in [6.07, 6.45) is 7.82. The number of likely N-dealkylation sites (N-methyl/N-ethyl adjacent to an activating group) is 1. The Balaban J connectivity index is 1.51. The number of hydrogen-bond donors (Lipinski definition) is 2. The van der Waals surface area contributed by atoms with Crippen LogP contribution in [0.1, 0.15) is 63.5 Å². The lowest BCUT2D eigenvalue weighted by Crippen LogP contribution is -2.84. The number of quaternary nitrogens is 1. The Morgan fingerprint density at radius 3 is 2.69 bits per heavy atom. The van der Waals surface area contributed by atoms with Crippen molar-refractivity contribution in [1.29, 1.82) is 0 Å². The smallest absolute Gasteiger partial charge is 0.165 e. The van der Waals surface area contributed by atoms with Gasteiger partial charge in [-0.05, 0) is 57.6 Å². The predicted molar refractivity (Wildman–Crippen MR) is 121 cm³/mol. The van der Waals surface area contributed by atoms with Gasteiger partial charge in [-0.3, -0.25) is 0 Å².